The first kappa shape index (κ1) is 11.4. The number of carbonyl (C=O) groups is 1. The number of thiol groups is 1. The maximum Gasteiger partial charge on any atom is 0.337 e. The van der Waals surface area contributed by atoms with Crippen LogP contribution >= 0.6 is 12.6 Å². The number of halogens is 1. The Morgan fingerprint density at radius 2 is 2.27 bits per heavy atom. The second-order valence-electron chi connectivity index (χ2n) is 2.68. The predicted molar refractivity (Wildman–Crippen MR) is 58.5 cm³/mol. The summed E-state index contributed by atoms with van der Waals surface area (Å²) >= 11 is 3.83. The fourth-order valence-electron chi connectivity index (χ4n) is 1.00. The molecule has 0 radical (unpaired) electrons. The molecule has 0 saturated carbocycles. The quantitative estimate of drug-likeness (QED) is 0.384. The molecule has 1 aromatic carbocycles. The van der Waals surface area contributed by atoms with E-state index >= 15 is 0 Å². The Bertz CT molecular complexity index is 462. The number of benzene rings is 1. The summed E-state index contributed by atoms with van der Waals surface area (Å²) in [7, 11) is 0. The number of aromatic carboxylic acids is 1. The van der Waals surface area contributed by atoms with Crippen LogP contribution in [0, 0.1) is 17.7 Å². The molecule has 0 fully saturated rings. The van der Waals surface area contributed by atoms with Gasteiger partial charge in [-0.2, -0.15) is 12.6 Å². The zero-order valence-corrected chi connectivity index (χ0v) is 8.51. The molecule has 3 nitrogen and oxygen atoms in total. The molecule has 0 aliphatic heterocycles. The predicted octanol–water partition coefficient (Wildman–Crippen LogP) is 1.39. The molecule has 0 saturated heterocycles. The zero-order valence-electron chi connectivity index (χ0n) is 7.62. The lowest BCUT2D eigenvalue weighted by molar-refractivity contribution is 0.0698. The molecule has 15 heavy (non-hydrogen) atoms. The topological polar surface area (TPSA) is 63.3 Å². The highest BCUT2D eigenvalue weighted by atomic mass is 32.1. The van der Waals surface area contributed by atoms with Crippen LogP contribution in [0.15, 0.2) is 12.1 Å². The van der Waals surface area contributed by atoms with Gasteiger partial charge >= 0.3 is 5.97 Å². The van der Waals surface area contributed by atoms with Crippen LogP contribution in [0.2, 0.25) is 0 Å². The Morgan fingerprint density at radius 3 is 2.80 bits per heavy atom. The summed E-state index contributed by atoms with van der Waals surface area (Å²) in [4.78, 5) is 10.7. The van der Waals surface area contributed by atoms with Crippen molar-refractivity contribution in [3.8, 4) is 11.8 Å². The standard InChI is InChI=1S/C10H8FNO2S/c11-8-5-9(12)7(10(13)14)4-6(8)2-1-3-15/h4-5,15H,3,12H2,(H,13,14). The van der Waals surface area contributed by atoms with Gasteiger partial charge in [-0.25, -0.2) is 9.18 Å². The largest absolute Gasteiger partial charge is 0.478 e. The van der Waals surface area contributed by atoms with E-state index in [0.717, 1.165) is 12.1 Å². The first-order valence-electron chi connectivity index (χ1n) is 3.98. The van der Waals surface area contributed by atoms with Gasteiger partial charge in [-0.05, 0) is 12.1 Å². The van der Waals surface area contributed by atoms with Crippen LogP contribution in [0.5, 0.6) is 0 Å². The first-order valence-corrected chi connectivity index (χ1v) is 4.61. The van der Waals surface area contributed by atoms with Crippen molar-refractivity contribution in [1.29, 1.82) is 0 Å². The number of carboxylic acids is 1. The highest BCUT2D eigenvalue weighted by molar-refractivity contribution is 7.80. The molecule has 0 aliphatic carbocycles. The summed E-state index contributed by atoms with van der Waals surface area (Å²) in [6.07, 6.45) is 0. The molecule has 0 aromatic heterocycles. The number of anilines is 1. The normalized spacial score (nSPS) is 9.20. The van der Waals surface area contributed by atoms with Crippen molar-refractivity contribution in [2.75, 3.05) is 11.5 Å². The van der Waals surface area contributed by atoms with Crippen LogP contribution in [0.1, 0.15) is 15.9 Å². The Hall–Kier alpha value is -1.67. The van der Waals surface area contributed by atoms with E-state index in [-0.39, 0.29) is 22.6 Å². The summed E-state index contributed by atoms with van der Waals surface area (Å²) < 4.78 is 13.2. The van der Waals surface area contributed by atoms with E-state index in [1.165, 1.54) is 0 Å². The third-order valence-corrected chi connectivity index (χ3v) is 1.83. The third kappa shape index (κ3) is 2.64. The molecule has 0 heterocycles. The van der Waals surface area contributed by atoms with Crippen LogP contribution in [-0.4, -0.2) is 16.8 Å². The number of hydrogen-bond donors (Lipinski definition) is 3. The van der Waals surface area contributed by atoms with Gasteiger partial charge in [-0.15, -0.1) is 0 Å². The summed E-state index contributed by atoms with van der Waals surface area (Å²) in [5.74, 6) is 3.43. The van der Waals surface area contributed by atoms with Crippen LogP contribution in [-0.2, 0) is 0 Å². The van der Waals surface area contributed by atoms with Gasteiger partial charge in [0.05, 0.1) is 16.9 Å². The number of hydrogen-bond acceptors (Lipinski definition) is 3. The van der Waals surface area contributed by atoms with Gasteiger partial charge in [-0.3, -0.25) is 0 Å². The molecular weight excluding hydrogens is 217 g/mol. The minimum absolute atomic E-state index is 0.00986. The molecule has 3 N–H and O–H groups in total. The van der Waals surface area contributed by atoms with Gasteiger partial charge in [0.2, 0.25) is 0 Å². The second-order valence-corrected chi connectivity index (χ2v) is 3.00. The summed E-state index contributed by atoms with van der Waals surface area (Å²) in [5, 5.41) is 8.74. The molecule has 1 rings (SSSR count). The SMILES string of the molecule is Nc1cc(F)c(C#CCS)cc1C(=O)O. The van der Waals surface area contributed by atoms with Crippen LogP contribution in [0.25, 0.3) is 0 Å². The van der Waals surface area contributed by atoms with E-state index in [4.69, 9.17) is 10.8 Å². The lowest BCUT2D eigenvalue weighted by Gasteiger charge is -2.02. The summed E-state index contributed by atoms with van der Waals surface area (Å²) in [6.45, 7) is 0. The monoisotopic (exact) mass is 225 g/mol. The fourth-order valence-corrected chi connectivity index (χ4v) is 1.08. The maximum atomic E-state index is 13.2. The molecule has 5 heteroatoms. The number of carboxylic acid groups (broad SMARTS) is 1. The Morgan fingerprint density at radius 1 is 1.60 bits per heavy atom. The average Bonchev–Trinajstić information content (AvgIpc) is 2.16. The Kier molecular flexibility index (Phi) is 3.58. The zero-order chi connectivity index (χ0) is 11.4. The van der Waals surface area contributed by atoms with Crippen molar-refractivity contribution >= 4 is 24.3 Å². The summed E-state index contributed by atoms with van der Waals surface area (Å²) in [6, 6.07) is 2.06. The van der Waals surface area contributed by atoms with E-state index < -0.39 is 11.8 Å². The van der Waals surface area contributed by atoms with Gasteiger partial charge in [0.1, 0.15) is 5.82 Å². The molecule has 0 amide bonds. The number of nitrogen functional groups attached to an aromatic ring is 1. The first-order chi connectivity index (χ1) is 7.06. The van der Waals surface area contributed by atoms with Crippen molar-refractivity contribution < 1.29 is 14.3 Å². The molecule has 0 spiro atoms. The van der Waals surface area contributed by atoms with Gasteiger partial charge in [-0.1, -0.05) is 11.8 Å². The van der Waals surface area contributed by atoms with Gasteiger partial charge < -0.3 is 10.8 Å². The molecule has 0 aliphatic rings. The second kappa shape index (κ2) is 4.71. The molecule has 78 valence electrons. The minimum atomic E-state index is -1.21. The molecular formula is C10H8FNO2S. The van der Waals surface area contributed by atoms with Crippen LogP contribution in [0.4, 0.5) is 10.1 Å². The van der Waals surface area contributed by atoms with Crippen molar-refractivity contribution in [1.82, 2.24) is 0 Å². The van der Waals surface area contributed by atoms with E-state index in [1.807, 2.05) is 0 Å². The number of rotatable bonds is 1. The van der Waals surface area contributed by atoms with E-state index in [1.54, 1.807) is 0 Å². The fraction of sp³-hybridized carbons (Fsp3) is 0.100. The maximum absolute atomic E-state index is 13.2. The average molecular weight is 225 g/mol. The smallest absolute Gasteiger partial charge is 0.337 e. The highest BCUT2D eigenvalue weighted by Crippen LogP contribution is 2.17. The van der Waals surface area contributed by atoms with Crippen LogP contribution in [0.3, 0.4) is 0 Å². The van der Waals surface area contributed by atoms with Crippen LogP contribution < -0.4 is 5.73 Å². The minimum Gasteiger partial charge on any atom is -0.478 e. The third-order valence-electron chi connectivity index (χ3n) is 1.67. The van der Waals surface area contributed by atoms with Crippen molar-refractivity contribution in [3.05, 3.63) is 29.1 Å². The molecule has 0 atom stereocenters. The van der Waals surface area contributed by atoms with E-state index in [0.29, 0.717) is 0 Å². The lowest BCUT2D eigenvalue weighted by atomic mass is 10.1. The Balaban J connectivity index is 3.29. The van der Waals surface area contributed by atoms with Gasteiger partial charge in [0.25, 0.3) is 0 Å². The van der Waals surface area contributed by atoms with E-state index in [2.05, 4.69) is 24.5 Å². The van der Waals surface area contributed by atoms with Crippen molar-refractivity contribution in [2.24, 2.45) is 0 Å². The Labute approximate surface area is 91.5 Å². The van der Waals surface area contributed by atoms with Crippen molar-refractivity contribution in [3.63, 3.8) is 0 Å². The molecule has 0 bridgehead atoms. The molecule has 0 unspecified atom stereocenters. The molecule has 1 aromatic rings. The summed E-state index contributed by atoms with van der Waals surface area (Å²) in [5.41, 5.74) is 5.08. The van der Waals surface area contributed by atoms with Crippen molar-refractivity contribution in [2.45, 2.75) is 0 Å². The lowest BCUT2D eigenvalue weighted by Crippen LogP contribution is -2.04. The highest BCUT2D eigenvalue weighted by Gasteiger charge is 2.11. The van der Waals surface area contributed by atoms with E-state index in [9.17, 15) is 9.18 Å². The van der Waals surface area contributed by atoms with Gasteiger partial charge in [0.15, 0.2) is 0 Å². The van der Waals surface area contributed by atoms with Gasteiger partial charge in [0, 0.05) is 5.69 Å². The number of nitrogens with two attached hydrogens (primary N) is 1.